The number of sulfonamides is 1. The average Bonchev–Trinajstić information content (AvgIpc) is 2.78. The zero-order valence-corrected chi connectivity index (χ0v) is 14.6. The molecule has 0 bridgehead atoms. The predicted molar refractivity (Wildman–Crippen MR) is 85.7 cm³/mol. The van der Waals surface area contributed by atoms with Crippen LogP contribution in [0.2, 0.25) is 0 Å². The number of amides is 1. The molecule has 0 saturated carbocycles. The fourth-order valence-corrected chi connectivity index (χ4v) is 4.88. The molecule has 122 valence electrons. The van der Waals surface area contributed by atoms with E-state index in [0.29, 0.717) is 6.54 Å². The number of carbonyl (C=O) groups is 1. The van der Waals surface area contributed by atoms with E-state index >= 15 is 0 Å². The number of hydrogen-bond acceptors (Lipinski definition) is 3. The second-order valence-corrected chi connectivity index (χ2v) is 8.21. The molecule has 1 aliphatic rings. The van der Waals surface area contributed by atoms with Gasteiger partial charge in [-0.1, -0.05) is 31.5 Å². The van der Waals surface area contributed by atoms with Crippen molar-refractivity contribution < 1.29 is 13.2 Å². The first kappa shape index (κ1) is 17.0. The maximum absolute atomic E-state index is 13.0. The molecule has 22 heavy (non-hydrogen) atoms. The van der Waals surface area contributed by atoms with Crippen molar-refractivity contribution in [2.24, 2.45) is 5.92 Å². The van der Waals surface area contributed by atoms with Crippen molar-refractivity contribution in [2.45, 2.75) is 51.7 Å². The summed E-state index contributed by atoms with van der Waals surface area (Å²) in [5, 5.41) is 0. The third-order valence-electron chi connectivity index (χ3n) is 4.09. The first-order chi connectivity index (χ1) is 10.2. The highest BCUT2D eigenvalue weighted by Crippen LogP contribution is 2.31. The molecule has 1 aromatic rings. The topological polar surface area (TPSA) is 57.7 Å². The Morgan fingerprint density at radius 3 is 2.23 bits per heavy atom. The van der Waals surface area contributed by atoms with Crippen molar-refractivity contribution in [3.8, 4) is 0 Å². The Bertz CT molecular complexity index is 652. The Hall–Kier alpha value is -1.40. The summed E-state index contributed by atoms with van der Waals surface area (Å²) in [4.78, 5) is 13.9. The lowest BCUT2D eigenvalue weighted by atomic mass is 10.1. The van der Waals surface area contributed by atoms with Gasteiger partial charge in [0.1, 0.15) is 6.17 Å². The molecule has 1 aromatic carbocycles. The van der Waals surface area contributed by atoms with Gasteiger partial charge in [0.15, 0.2) is 0 Å². The molecular weight excluding hydrogens is 300 g/mol. The summed E-state index contributed by atoms with van der Waals surface area (Å²) in [6, 6.07) is 6.72. The number of aryl methyl sites for hydroxylation is 1. The third kappa shape index (κ3) is 2.90. The highest BCUT2D eigenvalue weighted by Gasteiger charge is 2.46. The molecule has 2 atom stereocenters. The number of rotatable bonds is 3. The predicted octanol–water partition coefficient (Wildman–Crippen LogP) is 2.22. The highest BCUT2D eigenvalue weighted by molar-refractivity contribution is 7.89. The van der Waals surface area contributed by atoms with Crippen molar-refractivity contribution >= 4 is 15.9 Å². The van der Waals surface area contributed by atoms with Gasteiger partial charge in [-0.2, -0.15) is 4.31 Å². The van der Waals surface area contributed by atoms with E-state index in [9.17, 15) is 13.2 Å². The van der Waals surface area contributed by atoms with Gasteiger partial charge < -0.3 is 4.90 Å². The summed E-state index contributed by atoms with van der Waals surface area (Å²) < 4.78 is 27.4. The molecule has 2 rings (SSSR count). The van der Waals surface area contributed by atoms with Crippen LogP contribution in [0.1, 0.15) is 33.3 Å². The van der Waals surface area contributed by atoms with Crippen LogP contribution in [0.3, 0.4) is 0 Å². The summed E-state index contributed by atoms with van der Waals surface area (Å²) in [5.74, 6) is -0.0677. The molecule has 5 nitrogen and oxygen atoms in total. The van der Waals surface area contributed by atoms with E-state index < -0.39 is 16.2 Å². The van der Waals surface area contributed by atoms with Gasteiger partial charge in [-0.15, -0.1) is 0 Å². The van der Waals surface area contributed by atoms with E-state index in [0.717, 1.165) is 5.56 Å². The van der Waals surface area contributed by atoms with E-state index in [4.69, 9.17) is 0 Å². The Morgan fingerprint density at radius 1 is 1.23 bits per heavy atom. The van der Waals surface area contributed by atoms with Crippen LogP contribution in [0.4, 0.5) is 0 Å². The molecule has 0 aliphatic carbocycles. The fraction of sp³-hybridized carbons (Fsp3) is 0.562. The van der Waals surface area contributed by atoms with E-state index in [1.807, 2.05) is 27.7 Å². The number of carbonyl (C=O) groups excluding carboxylic acids is 1. The second-order valence-electron chi connectivity index (χ2n) is 6.32. The monoisotopic (exact) mass is 324 g/mol. The van der Waals surface area contributed by atoms with Gasteiger partial charge in [0.2, 0.25) is 15.9 Å². The van der Waals surface area contributed by atoms with Crippen LogP contribution in [0.15, 0.2) is 29.2 Å². The molecule has 0 spiro atoms. The Kier molecular flexibility index (Phi) is 4.63. The van der Waals surface area contributed by atoms with Crippen LogP contribution in [-0.4, -0.2) is 42.3 Å². The number of benzene rings is 1. The molecule has 1 aliphatic heterocycles. The first-order valence-corrected chi connectivity index (χ1v) is 8.97. The van der Waals surface area contributed by atoms with Gasteiger partial charge in [-0.25, -0.2) is 8.42 Å². The van der Waals surface area contributed by atoms with Crippen LogP contribution in [0.25, 0.3) is 0 Å². The van der Waals surface area contributed by atoms with Crippen LogP contribution in [-0.2, 0) is 14.8 Å². The zero-order valence-electron chi connectivity index (χ0n) is 13.8. The van der Waals surface area contributed by atoms with Crippen LogP contribution >= 0.6 is 0 Å². The van der Waals surface area contributed by atoms with Gasteiger partial charge in [0.25, 0.3) is 0 Å². The normalized spacial score (nSPS) is 23.3. The van der Waals surface area contributed by atoms with Crippen molar-refractivity contribution in [2.75, 3.05) is 6.54 Å². The summed E-state index contributed by atoms with van der Waals surface area (Å²) in [6.45, 7) is 9.52. The van der Waals surface area contributed by atoms with Crippen LogP contribution in [0, 0.1) is 12.8 Å². The molecular formula is C16H24N2O3S. The summed E-state index contributed by atoms with van der Waals surface area (Å²) in [5.41, 5.74) is 1.01. The molecule has 1 amide bonds. The maximum Gasteiger partial charge on any atom is 0.244 e. The molecule has 0 unspecified atom stereocenters. The molecule has 1 fully saturated rings. The quantitative estimate of drug-likeness (QED) is 0.856. The summed E-state index contributed by atoms with van der Waals surface area (Å²) >= 11 is 0. The van der Waals surface area contributed by atoms with E-state index in [-0.39, 0.29) is 22.8 Å². The Balaban J connectivity index is 2.45. The van der Waals surface area contributed by atoms with Gasteiger partial charge >= 0.3 is 0 Å². The molecule has 1 saturated heterocycles. The fourth-order valence-electron chi connectivity index (χ4n) is 3.09. The van der Waals surface area contributed by atoms with Crippen molar-refractivity contribution in [1.29, 1.82) is 0 Å². The van der Waals surface area contributed by atoms with Gasteiger partial charge in [0.05, 0.1) is 4.90 Å². The molecule has 1 heterocycles. The van der Waals surface area contributed by atoms with E-state index in [1.165, 1.54) is 11.2 Å². The molecule has 0 radical (unpaired) electrons. The van der Waals surface area contributed by atoms with Crippen LogP contribution in [0.5, 0.6) is 0 Å². The third-order valence-corrected chi connectivity index (χ3v) is 5.94. The van der Waals surface area contributed by atoms with Gasteiger partial charge in [-0.3, -0.25) is 4.79 Å². The summed E-state index contributed by atoms with van der Waals surface area (Å²) in [7, 11) is -3.61. The Labute approximate surface area is 133 Å². The smallest absolute Gasteiger partial charge is 0.244 e. The highest BCUT2D eigenvalue weighted by atomic mass is 32.2. The largest absolute Gasteiger partial charge is 0.322 e. The van der Waals surface area contributed by atoms with E-state index in [2.05, 4.69) is 0 Å². The van der Waals surface area contributed by atoms with Crippen LogP contribution < -0.4 is 0 Å². The van der Waals surface area contributed by atoms with Crippen molar-refractivity contribution in [1.82, 2.24) is 9.21 Å². The van der Waals surface area contributed by atoms with Crippen molar-refractivity contribution in [3.05, 3.63) is 29.8 Å². The maximum atomic E-state index is 13.0. The minimum atomic E-state index is -3.61. The Morgan fingerprint density at radius 2 is 1.77 bits per heavy atom. The number of nitrogens with zero attached hydrogens (tertiary/aromatic N) is 2. The lowest BCUT2D eigenvalue weighted by Crippen LogP contribution is -2.47. The molecule has 6 heteroatoms. The lowest BCUT2D eigenvalue weighted by molar-refractivity contribution is -0.133. The molecule has 0 N–H and O–H groups in total. The number of hydrogen-bond donors (Lipinski definition) is 0. The SMILES string of the molecule is CC(=O)N1[C@@H](C)CN(S(=O)(=O)c2ccc(C)cc2)[C@H]1C(C)C. The minimum absolute atomic E-state index is 0.0223. The minimum Gasteiger partial charge on any atom is -0.322 e. The first-order valence-electron chi connectivity index (χ1n) is 7.53. The standard InChI is InChI=1S/C16H24N2O3S/c1-11(2)16-17(10-13(4)18(16)14(5)19)22(20,21)15-8-6-12(3)7-9-15/h6-9,11,13,16H,10H2,1-5H3/t13-,16+/m0/s1. The van der Waals surface area contributed by atoms with Gasteiger partial charge in [0, 0.05) is 19.5 Å². The zero-order chi connectivity index (χ0) is 16.7. The second kappa shape index (κ2) is 6.01. The van der Waals surface area contributed by atoms with E-state index in [1.54, 1.807) is 29.2 Å². The lowest BCUT2D eigenvalue weighted by Gasteiger charge is -2.33. The average molecular weight is 324 g/mol. The summed E-state index contributed by atoms with van der Waals surface area (Å²) in [6.07, 6.45) is -0.432. The molecule has 0 aromatic heterocycles. The van der Waals surface area contributed by atoms with Gasteiger partial charge in [-0.05, 0) is 31.9 Å². The van der Waals surface area contributed by atoms with Crippen molar-refractivity contribution in [3.63, 3.8) is 0 Å².